The van der Waals surface area contributed by atoms with Crippen molar-refractivity contribution in [1.82, 2.24) is 19.5 Å². The minimum absolute atomic E-state index is 0.0177. The molecule has 12 aromatic rings. The van der Waals surface area contributed by atoms with Crippen molar-refractivity contribution >= 4 is 74.9 Å². The van der Waals surface area contributed by atoms with Crippen LogP contribution in [0.4, 0.5) is 0 Å². The lowest BCUT2D eigenvalue weighted by Crippen LogP contribution is -2.22. The first-order chi connectivity index (χ1) is 31.5. The average Bonchev–Trinajstić information content (AvgIpc) is 4.08. The van der Waals surface area contributed by atoms with Gasteiger partial charge in [0, 0.05) is 59.8 Å². The first-order valence-electron chi connectivity index (χ1n) is 22.0. The van der Waals surface area contributed by atoms with Crippen LogP contribution < -0.4 is 4.74 Å². The van der Waals surface area contributed by atoms with Crippen LogP contribution >= 0.6 is 11.3 Å². The Balaban J connectivity index is 0.964. The molecule has 9 aromatic carbocycles. The molecule has 5 nitrogen and oxygen atoms in total. The van der Waals surface area contributed by atoms with Crippen molar-refractivity contribution in [3.63, 3.8) is 0 Å². The predicted octanol–water partition coefficient (Wildman–Crippen LogP) is 15.2. The molecule has 302 valence electrons. The highest BCUT2D eigenvalue weighted by atomic mass is 32.1. The Hall–Kier alpha value is -7.67. The van der Waals surface area contributed by atoms with Crippen LogP contribution in [0.25, 0.3) is 103 Å². The highest BCUT2D eigenvalue weighted by molar-refractivity contribution is 7.26. The number of nitrogens with zero attached hydrogens (tertiary/aromatic N) is 4. The van der Waals surface area contributed by atoms with Crippen LogP contribution in [0.1, 0.15) is 42.6 Å². The van der Waals surface area contributed by atoms with Gasteiger partial charge < -0.3 is 9.30 Å². The highest BCUT2D eigenvalue weighted by Crippen LogP contribution is 2.61. The van der Waals surface area contributed by atoms with E-state index in [1.165, 1.54) is 70.1 Å². The summed E-state index contributed by atoms with van der Waals surface area (Å²) >= 11 is 1.81. The molecule has 2 aliphatic rings. The van der Waals surface area contributed by atoms with Crippen molar-refractivity contribution in [2.45, 2.75) is 31.3 Å². The van der Waals surface area contributed by atoms with E-state index in [0.717, 1.165) is 38.2 Å². The molecule has 0 saturated heterocycles. The van der Waals surface area contributed by atoms with E-state index in [1.54, 1.807) is 0 Å². The molecule has 0 amide bonds. The fourth-order valence-corrected chi connectivity index (χ4v) is 12.5. The molecular weight excluding hydrogens is 801 g/mol. The van der Waals surface area contributed by atoms with Crippen LogP contribution in [0, 0.1) is 0 Å². The monoisotopic (exact) mass is 838 g/mol. The molecule has 64 heavy (non-hydrogen) atoms. The summed E-state index contributed by atoms with van der Waals surface area (Å²) in [5.41, 5.74) is 10.2. The quantitative estimate of drug-likeness (QED) is 0.177. The Morgan fingerprint density at radius 2 is 1.16 bits per heavy atom. The van der Waals surface area contributed by atoms with E-state index >= 15 is 0 Å². The first kappa shape index (κ1) is 35.9. The van der Waals surface area contributed by atoms with Crippen molar-refractivity contribution in [1.29, 1.82) is 0 Å². The summed E-state index contributed by atoms with van der Waals surface area (Å²) in [4.78, 5) is 15.9. The van der Waals surface area contributed by atoms with Crippen molar-refractivity contribution in [3.8, 4) is 45.6 Å². The van der Waals surface area contributed by atoms with Gasteiger partial charge in [0.25, 0.3) is 0 Å². The SMILES string of the molecule is CC1(C)c2ccccc2C2Oc3cc(-c4nc(-c5ccc6ccccc6c5)nc(-c5cccc6c5sc5c(-n7c8ccccc8c8c9ccccc9ccc87)cccc56)n4)ccc3C21. The zero-order valence-corrected chi connectivity index (χ0v) is 35.9. The minimum Gasteiger partial charge on any atom is -0.485 e. The summed E-state index contributed by atoms with van der Waals surface area (Å²) in [5, 5.41) is 9.74. The van der Waals surface area contributed by atoms with Gasteiger partial charge in [0.05, 0.1) is 21.4 Å². The molecule has 1 aliphatic heterocycles. The van der Waals surface area contributed by atoms with E-state index in [0.29, 0.717) is 17.5 Å². The lowest BCUT2D eigenvalue weighted by molar-refractivity contribution is 0.198. The molecule has 0 spiro atoms. The van der Waals surface area contributed by atoms with E-state index in [-0.39, 0.29) is 17.4 Å². The van der Waals surface area contributed by atoms with E-state index in [2.05, 4.69) is 200 Å². The zero-order valence-electron chi connectivity index (χ0n) is 35.1. The fraction of sp³-hybridized carbons (Fsp3) is 0.0862. The third kappa shape index (κ3) is 5.03. The van der Waals surface area contributed by atoms with Crippen LogP contribution in [0.3, 0.4) is 0 Å². The summed E-state index contributed by atoms with van der Waals surface area (Å²) in [6.45, 7) is 4.69. The molecule has 2 unspecified atom stereocenters. The zero-order chi connectivity index (χ0) is 42.3. The van der Waals surface area contributed by atoms with Crippen LogP contribution in [0.5, 0.6) is 5.75 Å². The molecule has 0 bridgehead atoms. The Morgan fingerprint density at radius 3 is 2.03 bits per heavy atom. The normalized spacial score (nSPS) is 16.2. The van der Waals surface area contributed by atoms with E-state index < -0.39 is 0 Å². The van der Waals surface area contributed by atoms with Crippen LogP contribution in [-0.2, 0) is 5.41 Å². The second-order valence-electron chi connectivity index (χ2n) is 17.9. The molecular formula is C58H38N4OS. The van der Waals surface area contributed by atoms with Gasteiger partial charge in [-0.2, -0.15) is 0 Å². The van der Waals surface area contributed by atoms with Gasteiger partial charge >= 0.3 is 0 Å². The van der Waals surface area contributed by atoms with Crippen molar-refractivity contribution in [3.05, 3.63) is 199 Å². The summed E-state index contributed by atoms with van der Waals surface area (Å²) in [5.74, 6) is 3.03. The number of hydrogen-bond donors (Lipinski definition) is 0. The van der Waals surface area contributed by atoms with Gasteiger partial charge in [-0.1, -0.05) is 159 Å². The number of para-hydroxylation sites is 1. The fourth-order valence-electron chi connectivity index (χ4n) is 11.1. The maximum absolute atomic E-state index is 6.87. The minimum atomic E-state index is -0.0592. The van der Waals surface area contributed by atoms with Crippen LogP contribution in [0.2, 0.25) is 0 Å². The molecule has 0 saturated carbocycles. The van der Waals surface area contributed by atoms with Crippen molar-refractivity contribution in [2.24, 2.45) is 0 Å². The van der Waals surface area contributed by atoms with Crippen molar-refractivity contribution in [2.75, 3.05) is 0 Å². The molecule has 4 heterocycles. The number of benzene rings is 9. The molecule has 6 heteroatoms. The molecule has 2 atom stereocenters. The van der Waals surface area contributed by atoms with Gasteiger partial charge in [0.2, 0.25) is 0 Å². The number of ether oxygens (including phenoxy) is 1. The Kier molecular flexibility index (Phi) is 7.39. The second kappa shape index (κ2) is 13.2. The van der Waals surface area contributed by atoms with Gasteiger partial charge in [-0.05, 0) is 69.1 Å². The maximum Gasteiger partial charge on any atom is 0.165 e. The highest BCUT2D eigenvalue weighted by Gasteiger charge is 2.52. The topological polar surface area (TPSA) is 52.8 Å². The predicted molar refractivity (Wildman–Crippen MR) is 264 cm³/mol. The van der Waals surface area contributed by atoms with Gasteiger partial charge in [-0.3, -0.25) is 0 Å². The molecule has 0 radical (unpaired) electrons. The van der Waals surface area contributed by atoms with Crippen LogP contribution in [0.15, 0.2) is 182 Å². The van der Waals surface area contributed by atoms with Crippen molar-refractivity contribution < 1.29 is 4.74 Å². The molecule has 1 aliphatic carbocycles. The number of hydrogen-bond acceptors (Lipinski definition) is 5. The lowest BCUT2D eigenvalue weighted by atomic mass is 9.75. The summed E-state index contributed by atoms with van der Waals surface area (Å²) in [6.07, 6.45) is -0.0177. The van der Waals surface area contributed by atoms with E-state index in [1.807, 2.05) is 11.3 Å². The second-order valence-corrected chi connectivity index (χ2v) is 18.9. The van der Waals surface area contributed by atoms with Crippen LogP contribution in [-0.4, -0.2) is 19.5 Å². The lowest BCUT2D eigenvalue weighted by Gasteiger charge is -2.26. The third-order valence-corrected chi connectivity index (χ3v) is 15.4. The third-order valence-electron chi connectivity index (χ3n) is 14.1. The smallest absolute Gasteiger partial charge is 0.165 e. The van der Waals surface area contributed by atoms with Gasteiger partial charge in [0.15, 0.2) is 17.5 Å². The average molecular weight is 839 g/mol. The van der Waals surface area contributed by atoms with Gasteiger partial charge in [-0.15, -0.1) is 11.3 Å². The Morgan fingerprint density at radius 1 is 0.500 bits per heavy atom. The summed E-state index contributed by atoms with van der Waals surface area (Å²) in [6, 6.07) is 65.5. The van der Waals surface area contributed by atoms with E-state index in [9.17, 15) is 0 Å². The summed E-state index contributed by atoms with van der Waals surface area (Å²) < 4.78 is 11.7. The maximum atomic E-state index is 6.87. The number of rotatable bonds is 4. The van der Waals surface area contributed by atoms with Gasteiger partial charge in [0.1, 0.15) is 11.9 Å². The standard InChI is InChI=1S/C58H38N4OS/c1-58(2)45-22-9-7-17-41(45)52-51(58)43-29-27-37(32-49(43)63-52)56-59-55(36-26-25-33-13-3-4-15-35(33)31-36)60-57(61-56)44-21-11-19-39-40-20-12-24-48(54(40)64-53(39)44)62-46-23-10-8-18-42(46)50-38-16-6-5-14-34(38)28-30-47(50)62/h3-32,51-52H,1-2H3. The largest absolute Gasteiger partial charge is 0.485 e. The molecule has 0 fully saturated rings. The number of fused-ring (bicyclic) bond motifs is 14. The number of thiophene rings is 1. The van der Waals surface area contributed by atoms with Gasteiger partial charge in [-0.25, -0.2) is 15.0 Å². The molecule has 3 aromatic heterocycles. The molecule has 14 rings (SSSR count). The summed E-state index contributed by atoms with van der Waals surface area (Å²) in [7, 11) is 0. The Bertz CT molecular complexity index is 3950. The Labute approximate surface area is 372 Å². The van der Waals surface area contributed by atoms with E-state index in [4.69, 9.17) is 19.7 Å². The number of aromatic nitrogens is 4. The molecule has 0 N–H and O–H groups in total. The first-order valence-corrected chi connectivity index (χ1v) is 22.8.